The van der Waals surface area contributed by atoms with Gasteiger partial charge in [-0.1, -0.05) is 12.1 Å². The van der Waals surface area contributed by atoms with Crippen LogP contribution in [-0.2, 0) is 6.42 Å². The highest BCUT2D eigenvalue weighted by molar-refractivity contribution is 5.99. The van der Waals surface area contributed by atoms with Crippen LogP contribution in [0.5, 0.6) is 5.75 Å². The maximum absolute atomic E-state index is 11.8. The van der Waals surface area contributed by atoms with Crippen molar-refractivity contribution in [2.24, 2.45) is 0 Å². The van der Waals surface area contributed by atoms with Crippen LogP contribution in [0.1, 0.15) is 28.8 Å². The van der Waals surface area contributed by atoms with Crippen molar-refractivity contribution in [2.45, 2.75) is 19.3 Å². The first-order valence-electron chi connectivity index (χ1n) is 5.21. The molecule has 2 rings (SSSR count). The third-order valence-electron chi connectivity index (χ3n) is 2.58. The molecule has 1 aromatic carbocycles. The van der Waals surface area contributed by atoms with Crippen LogP contribution in [0.2, 0.25) is 0 Å². The zero-order chi connectivity index (χ0) is 10.7. The lowest BCUT2D eigenvalue weighted by molar-refractivity contribution is 0.0968. The Morgan fingerprint density at radius 3 is 3.13 bits per heavy atom. The van der Waals surface area contributed by atoms with E-state index in [2.05, 4.69) is 0 Å². The van der Waals surface area contributed by atoms with Crippen LogP contribution in [0.3, 0.4) is 0 Å². The highest BCUT2D eigenvalue weighted by Gasteiger charge is 2.19. The minimum Gasteiger partial charge on any atom is -0.492 e. The molecule has 1 heterocycles. The zero-order valence-corrected chi connectivity index (χ0v) is 8.53. The van der Waals surface area contributed by atoms with E-state index in [-0.39, 0.29) is 12.4 Å². The minimum atomic E-state index is 0.0572. The molecule has 15 heavy (non-hydrogen) atoms. The summed E-state index contributed by atoms with van der Waals surface area (Å²) >= 11 is 0. The number of carbonyl (C=O) groups excluding carboxylic acids is 1. The fourth-order valence-corrected chi connectivity index (χ4v) is 1.81. The predicted molar refractivity (Wildman–Crippen MR) is 56.3 cm³/mol. The summed E-state index contributed by atoms with van der Waals surface area (Å²) in [7, 11) is 0. The average molecular weight is 206 g/mol. The lowest BCUT2D eigenvalue weighted by atomic mass is 10.0. The summed E-state index contributed by atoms with van der Waals surface area (Å²) in [5.74, 6) is 0.809. The predicted octanol–water partition coefficient (Wildman–Crippen LogP) is 1.58. The van der Waals surface area contributed by atoms with E-state index in [1.54, 1.807) is 6.07 Å². The second-order valence-electron chi connectivity index (χ2n) is 3.64. The number of ketones is 1. The summed E-state index contributed by atoms with van der Waals surface area (Å²) in [4.78, 5) is 11.8. The Hall–Kier alpha value is -1.35. The Morgan fingerprint density at radius 1 is 1.47 bits per heavy atom. The molecule has 1 aliphatic heterocycles. The lowest BCUT2D eigenvalue weighted by Gasteiger charge is -2.06. The zero-order valence-electron chi connectivity index (χ0n) is 8.53. The number of carbonyl (C=O) groups is 1. The highest BCUT2D eigenvalue weighted by Crippen LogP contribution is 2.30. The highest BCUT2D eigenvalue weighted by atomic mass is 16.5. The fraction of sp³-hybridized carbons (Fsp3) is 0.417. The largest absolute Gasteiger partial charge is 0.492 e. The van der Waals surface area contributed by atoms with Gasteiger partial charge in [0.05, 0.1) is 12.2 Å². The lowest BCUT2D eigenvalue weighted by Crippen LogP contribution is -2.02. The molecule has 1 N–H and O–H groups in total. The second-order valence-corrected chi connectivity index (χ2v) is 3.64. The molecule has 80 valence electrons. The second kappa shape index (κ2) is 4.45. The van der Waals surface area contributed by atoms with E-state index >= 15 is 0 Å². The van der Waals surface area contributed by atoms with Crippen molar-refractivity contribution >= 4 is 5.78 Å². The molecule has 0 spiro atoms. The van der Waals surface area contributed by atoms with Gasteiger partial charge in [-0.15, -0.1) is 0 Å². The number of rotatable bonds is 4. The average Bonchev–Trinajstić information content (AvgIpc) is 2.73. The number of hydrogen-bond acceptors (Lipinski definition) is 3. The Balaban J connectivity index is 2.21. The molecule has 1 aromatic rings. The molecule has 0 aliphatic carbocycles. The summed E-state index contributed by atoms with van der Waals surface area (Å²) in [6.45, 7) is 0.723. The van der Waals surface area contributed by atoms with Crippen molar-refractivity contribution in [1.82, 2.24) is 0 Å². The molecule has 0 unspecified atom stereocenters. The smallest absolute Gasteiger partial charge is 0.166 e. The van der Waals surface area contributed by atoms with E-state index in [0.29, 0.717) is 25.0 Å². The molecule has 0 fully saturated rings. The van der Waals surface area contributed by atoms with Gasteiger partial charge in [0.1, 0.15) is 5.75 Å². The third-order valence-corrected chi connectivity index (χ3v) is 2.58. The Labute approximate surface area is 88.7 Å². The van der Waals surface area contributed by atoms with E-state index in [1.165, 1.54) is 0 Å². The molecule has 0 saturated heterocycles. The van der Waals surface area contributed by atoms with Crippen molar-refractivity contribution in [3.8, 4) is 5.75 Å². The van der Waals surface area contributed by atoms with E-state index in [0.717, 1.165) is 17.7 Å². The first-order valence-corrected chi connectivity index (χ1v) is 5.21. The monoisotopic (exact) mass is 206 g/mol. The summed E-state index contributed by atoms with van der Waals surface area (Å²) in [6, 6.07) is 5.68. The van der Waals surface area contributed by atoms with Crippen LogP contribution in [0.25, 0.3) is 0 Å². The molecule has 3 nitrogen and oxygen atoms in total. The van der Waals surface area contributed by atoms with E-state index in [4.69, 9.17) is 9.84 Å². The standard InChI is InChI=1S/C12H14O3/c13-7-2-5-11(14)10-4-1-3-9-6-8-15-12(9)10/h1,3-4,13H,2,5-8H2. The Morgan fingerprint density at radius 2 is 2.33 bits per heavy atom. The van der Waals surface area contributed by atoms with Crippen LogP contribution >= 0.6 is 0 Å². The van der Waals surface area contributed by atoms with Crippen molar-refractivity contribution < 1.29 is 14.6 Å². The van der Waals surface area contributed by atoms with Crippen molar-refractivity contribution in [2.75, 3.05) is 13.2 Å². The molecule has 0 radical (unpaired) electrons. The maximum Gasteiger partial charge on any atom is 0.166 e. The number of para-hydroxylation sites is 1. The van der Waals surface area contributed by atoms with Crippen LogP contribution in [0.4, 0.5) is 0 Å². The molecule has 0 atom stereocenters. The van der Waals surface area contributed by atoms with Crippen molar-refractivity contribution in [3.63, 3.8) is 0 Å². The van der Waals surface area contributed by atoms with E-state index in [9.17, 15) is 4.79 Å². The van der Waals surface area contributed by atoms with Gasteiger partial charge in [-0.25, -0.2) is 0 Å². The number of Topliss-reactive ketones (excluding diaryl/α,β-unsaturated/α-hetero) is 1. The number of benzene rings is 1. The Kier molecular flexibility index (Phi) is 3.02. The third kappa shape index (κ3) is 2.02. The van der Waals surface area contributed by atoms with Crippen LogP contribution in [0.15, 0.2) is 18.2 Å². The van der Waals surface area contributed by atoms with Crippen molar-refractivity contribution in [1.29, 1.82) is 0 Å². The van der Waals surface area contributed by atoms with Gasteiger partial charge in [0.25, 0.3) is 0 Å². The molecule has 0 saturated carbocycles. The minimum absolute atomic E-state index is 0.0572. The molecular weight excluding hydrogens is 192 g/mol. The molecule has 3 heteroatoms. The quantitative estimate of drug-likeness (QED) is 0.761. The first-order chi connectivity index (χ1) is 7.33. The summed E-state index contributed by atoms with van der Waals surface area (Å²) in [6.07, 6.45) is 1.79. The molecular formula is C12H14O3. The van der Waals surface area contributed by atoms with Crippen LogP contribution < -0.4 is 4.74 Å². The van der Waals surface area contributed by atoms with Crippen LogP contribution in [0, 0.1) is 0 Å². The normalized spacial score (nSPS) is 13.4. The van der Waals surface area contributed by atoms with Gasteiger partial charge >= 0.3 is 0 Å². The molecule has 0 bridgehead atoms. The Bertz CT molecular complexity index is 371. The van der Waals surface area contributed by atoms with Gasteiger partial charge in [0.2, 0.25) is 0 Å². The summed E-state index contributed by atoms with van der Waals surface area (Å²) < 4.78 is 5.45. The fourth-order valence-electron chi connectivity index (χ4n) is 1.81. The van der Waals surface area contributed by atoms with E-state index < -0.39 is 0 Å². The number of aliphatic hydroxyl groups excluding tert-OH is 1. The van der Waals surface area contributed by atoms with Gasteiger partial charge in [0.15, 0.2) is 5.78 Å². The number of hydrogen-bond donors (Lipinski definition) is 1. The maximum atomic E-state index is 11.8. The van der Waals surface area contributed by atoms with Crippen LogP contribution in [-0.4, -0.2) is 24.1 Å². The van der Waals surface area contributed by atoms with Gasteiger partial charge in [-0.3, -0.25) is 4.79 Å². The SMILES string of the molecule is O=C(CCCO)c1cccc2c1OCC2. The number of ether oxygens (including phenoxy) is 1. The van der Waals surface area contributed by atoms with E-state index in [1.807, 2.05) is 12.1 Å². The topological polar surface area (TPSA) is 46.5 Å². The van der Waals surface area contributed by atoms with Crippen molar-refractivity contribution in [3.05, 3.63) is 29.3 Å². The van der Waals surface area contributed by atoms with Gasteiger partial charge < -0.3 is 9.84 Å². The van der Waals surface area contributed by atoms with Gasteiger partial charge in [-0.2, -0.15) is 0 Å². The van der Waals surface area contributed by atoms with Gasteiger partial charge in [0, 0.05) is 19.4 Å². The molecule has 0 aromatic heterocycles. The summed E-state index contributed by atoms with van der Waals surface area (Å²) in [5.41, 5.74) is 1.78. The molecule has 1 aliphatic rings. The first kappa shape index (κ1) is 10.2. The van der Waals surface area contributed by atoms with Gasteiger partial charge in [-0.05, 0) is 18.1 Å². The number of fused-ring (bicyclic) bond motifs is 1. The summed E-state index contributed by atoms with van der Waals surface area (Å²) in [5, 5.41) is 8.67. The molecule has 0 amide bonds. The number of aliphatic hydroxyl groups is 1.